The van der Waals surface area contributed by atoms with Gasteiger partial charge in [-0.1, -0.05) is 69.5 Å². The molecule has 134 valence electrons. The van der Waals surface area contributed by atoms with E-state index in [1.807, 2.05) is 51.2 Å². The number of hydrogen-bond donors (Lipinski definition) is 1. The molecule has 1 N–H and O–H groups in total. The Morgan fingerprint density at radius 1 is 1.29 bits per heavy atom. The van der Waals surface area contributed by atoms with Crippen LogP contribution in [-0.2, 0) is 11.2 Å². The highest BCUT2D eigenvalue weighted by Crippen LogP contribution is 2.33. The van der Waals surface area contributed by atoms with Gasteiger partial charge in [0.1, 0.15) is 0 Å². The lowest BCUT2D eigenvalue weighted by Gasteiger charge is -2.39. The van der Waals surface area contributed by atoms with E-state index in [0.29, 0.717) is 13.0 Å². The summed E-state index contributed by atoms with van der Waals surface area (Å²) in [5.41, 5.74) is 1.79. The molecule has 0 spiro atoms. The van der Waals surface area contributed by atoms with Gasteiger partial charge in [0.15, 0.2) is 0 Å². The van der Waals surface area contributed by atoms with Crippen molar-refractivity contribution in [2.24, 2.45) is 5.41 Å². The molecule has 1 unspecified atom stereocenters. The summed E-state index contributed by atoms with van der Waals surface area (Å²) in [6.07, 6.45) is 5.53. The van der Waals surface area contributed by atoms with Crippen LogP contribution in [0, 0.1) is 5.41 Å². The fourth-order valence-electron chi connectivity index (χ4n) is 2.86. The number of carbonyl (C=O) groups excluding carboxylic acids is 1. The predicted molar refractivity (Wildman–Crippen MR) is 100 cm³/mol. The number of benzene rings is 1. The second kappa shape index (κ2) is 12.5. The van der Waals surface area contributed by atoms with Gasteiger partial charge in [0.25, 0.3) is 5.91 Å². The predicted octanol–water partition coefficient (Wildman–Crippen LogP) is 4.33. The Morgan fingerprint density at radius 3 is 2.33 bits per heavy atom. The number of allylic oxidation sites excluding steroid dienone is 2. The molecule has 2 rings (SSSR count). The molecule has 1 amide bonds. The Bertz CT molecular complexity index is 484. The number of halogens is 1. The van der Waals surface area contributed by atoms with Crippen molar-refractivity contribution in [2.45, 2.75) is 33.1 Å². The van der Waals surface area contributed by atoms with Crippen LogP contribution in [0.25, 0.3) is 0 Å². The zero-order valence-electron chi connectivity index (χ0n) is 15.2. The molecule has 1 aromatic rings. The highest BCUT2D eigenvalue weighted by Gasteiger charge is 2.41. The van der Waals surface area contributed by atoms with E-state index in [1.54, 1.807) is 12.2 Å². The summed E-state index contributed by atoms with van der Waals surface area (Å²) < 4.78 is 12.6. The summed E-state index contributed by atoms with van der Waals surface area (Å²) in [6.45, 7) is 12.3. The van der Waals surface area contributed by atoms with Crippen LogP contribution in [0.1, 0.15) is 32.3 Å². The number of hydrogen-bond acceptors (Lipinski definition) is 2. The quantitative estimate of drug-likeness (QED) is 0.657. The Morgan fingerprint density at radius 2 is 1.88 bits per heavy atom. The van der Waals surface area contributed by atoms with Crippen molar-refractivity contribution in [3.63, 3.8) is 0 Å². The summed E-state index contributed by atoms with van der Waals surface area (Å²) in [5, 5.41) is 0. The van der Waals surface area contributed by atoms with E-state index in [2.05, 4.69) is 18.1 Å². The van der Waals surface area contributed by atoms with Crippen molar-refractivity contribution >= 4 is 5.91 Å². The van der Waals surface area contributed by atoms with Crippen molar-refractivity contribution in [2.75, 3.05) is 20.1 Å². The van der Waals surface area contributed by atoms with Crippen molar-refractivity contribution in [3.8, 4) is 0 Å². The lowest BCUT2D eigenvalue weighted by atomic mass is 9.74. The van der Waals surface area contributed by atoms with E-state index < -0.39 is 11.3 Å². The van der Waals surface area contributed by atoms with Crippen LogP contribution < -0.4 is 5.54 Å². The van der Waals surface area contributed by atoms with Gasteiger partial charge in [-0.15, -0.1) is 4.48 Å². The maximum atomic E-state index is 12.6. The largest absolute Gasteiger partial charge is 0.305 e. The smallest absolute Gasteiger partial charge is 0.255 e. The number of carbonyl (C=O) groups is 1. The molecule has 0 radical (unpaired) electrons. The van der Waals surface area contributed by atoms with Gasteiger partial charge in [0, 0.05) is 6.54 Å². The first-order valence-corrected chi connectivity index (χ1v) is 8.45. The highest BCUT2D eigenvalue weighted by molar-refractivity contribution is 5.82. The van der Waals surface area contributed by atoms with Crippen molar-refractivity contribution in [1.29, 1.82) is 0 Å². The number of likely N-dealkylation sites (tertiary alicyclic amines) is 1. The first-order chi connectivity index (χ1) is 11.6. The van der Waals surface area contributed by atoms with Gasteiger partial charge < -0.3 is 4.90 Å². The van der Waals surface area contributed by atoms with Crippen LogP contribution in [0.2, 0.25) is 0 Å². The molecule has 1 fully saturated rings. The van der Waals surface area contributed by atoms with Crippen molar-refractivity contribution in [1.82, 2.24) is 10.4 Å². The molecule has 0 aliphatic carbocycles. The van der Waals surface area contributed by atoms with Gasteiger partial charge in [-0.3, -0.25) is 4.79 Å². The Labute approximate surface area is 146 Å². The molecule has 24 heavy (non-hydrogen) atoms. The number of amides is 1. The minimum absolute atomic E-state index is 0.488. The zero-order chi connectivity index (χ0) is 18.4. The molecule has 3 nitrogen and oxygen atoms in total. The second-order valence-electron chi connectivity index (χ2n) is 5.68. The van der Waals surface area contributed by atoms with E-state index in [4.69, 9.17) is 0 Å². The van der Waals surface area contributed by atoms with Crippen molar-refractivity contribution < 1.29 is 9.28 Å². The SMILES string of the molecule is C=CC=C.CC.CN1CCCC(Cc2ccccc2)(C(=O)NF)C1. The molecule has 0 bridgehead atoms. The molecule has 0 aromatic heterocycles. The monoisotopic (exact) mass is 334 g/mol. The number of nitrogens with zero attached hydrogens (tertiary/aromatic N) is 1. The summed E-state index contributed by atoms with van der Waals surface area (Å²) in [4.78, 5) is 14.0. The fraction of sp³-hybridized carbons (Fsp3) is 0.450. The minimum atomic E-state index is -0.636. The van der Waals surface area contributed by atoms with Crippen LogP contribution in [0.4, 0.5) is 4.48 Å². The standard InChI is InChI=1S/C14H19FN2O.C4H6.C2H6/c1-17-9-5-8-14(11-17,13(18)16-15)10-12-6-3-2-4-7-12;1-3-4-2;1-2/h2-4,6-7H,5,8-11H2,1H3,(H,16,18);3-4H,1-2H2;1-2H3. The summed E-state index contributed by atoms with van der Waals surface area (Å²) >= 11 is 0. The normalized spacial score (nSPS) is 19.7. The van der Waals surface area contributed by atoms with E-state index in [0.717, 1.165) is 24.9 Å². The summed E-state index contributed by atoms with van der Waals surface area (Å²) in [5.74, 6) is -0.488. The van der Waals surface area contributed by atoms with Gasteiger partial charge in [0.05, 0.1) is 5.41 Å². The molecule has 1 saturated heterocycles. The topological polar surface area (TPSA) is 32.3 Å². The lowest BCUT2D eigenvalue weighted by molar-refractivity contribution is -0.138. The van der Waals surface area contributed by atoms with E-state index in [1.165, 1.54) is 5.54 Å². The van der Waals surface area contributed by atoms with Crippen LogP contribution in [-0.4, -0.2) is 30.9 Å². The van der Waals surface area contributed by atoms with E-state index in [-0.39, 0.29) is 0 Å². The molecular weight excluding hydrogens is 303 g/mol. The lowest BCUT2D eigenvalue weighted by Crippen LogP contribution is -2.50. The van der Waals surface area contributed by atoms with Crippen LogP contribution in [0.15, 0.2) is 55.6 Å². The average molecular weight is 334 g/mol. The fourth-order valence-corrected chi connectivity index (χ4v) is 2.86. The molecule has 1 aliphatic heterocycles. The van der Waals surface area contributed by atoms with Gasteiger partial charge >= 0.3 is 0 Å². The van der Waals surface area contributed by atoms with Crippen molar-refractivity contribution in [3.05, 3.63) is 61.2 Å². The first-order valence-electron chi connectivity index (χ1n) is 8.45. The van der Waals surface area contributed by atoms with Gasteiger partial charge in [0.2, 0.25) is 0 Å². The molecule has 1 aromatic carbocycles. The first kappa shape index (κ1) is 22.1. The second-order valence-corrected chi connectivity index (χ2v) is 5.68. The third kappa shape index (κ3) is 7.09. The molecule has 1 aliphatic rings. The molecule has 0 saturated carbocycles. The van der Waals surface area contributed by atoms with Gasteiger partial charge in [-0.2, -0.15) is 5.54 Å². The molecule has 1 heterocycles. The van der Waals surface area contributed by atoms with Crippen LogP contribution in [0.5, 0.6) is 0 Å². The zero-order valence-corrected chi connectivity index (χ0v) is 15.2. The van der Waals surface area contributed by atoms with E-state index >= 15 is 0 Å². The number of rotatable bonds is 4. The molecular formula is C20H31FN2O. The number of nitrogens with one attached hydrogen (secondary N) is 1. The average Bonchev–Trinajstić information content (AvgIpc) is 2.63. The van der Waals surface area contributed by atoms with Crippen LogP contribution >= 0.6 is 0 Å². The maximum absolute atomic E-state index is 12.6. The Hall–Kier alpha value is -1.94. The maximum Gasteiger partial charge on any atom is 0.255 e. The highest BCUT2D eigenvalue weighted by atomic mass is 19.2. The molecule has 4 heteroatoms. The summed E-state index contributed by atoms with van der Waals surface area (Å²) in [6, 6.07) is 9.81. The van der Waals surface area contributed by atoms with Gasteiger partial charge in [-0.05, 0) is 38.4 Å². The summed E-state index contributed by atoms with van der Waals surface area (Å²) in [7, 11) is 1.98. The molecule has 1 atom stereocenters. The van der Waals surface area contributed by atoms with Crippen LogP contribution in [0.3, 0.4) is 0 Å². The van der Waals surface area contributed by atoms with E-state index in [9.17, 15) is 9.28 Å². The third-order valence-electron chi connectivity index (χ3n) is 3.89. The third-order valence-corrected chi connectivity index (χ3v) is 3.89. The number of piperidine rings is 1. The Balaban J connectivity index is 0.000000773. The Kier molecular flexibility index (Phi) is 11.5. The minimum Gasteiger partial charge on any atom is -0.305 e. The van der Waals surface area contributed by atoms with Gasteiger partial charge in [-0.25, -0.2) is 0 Å².